The first-order valence-electron chi connectivity index (χ1n) is 8.06. The molecule has 0 aromatic carbocycles. The number of amides is 2. The van der Waals surface area contributed by atoms with E-state index in [4.69, 9.17) is 10.5 Å². The highest BCUT2D eigenvalue weighted by atomic mass is 32.2. The van der Waals surface area contributed by atoms with Gasteiger partial charge in [-0.25, -0.2) is 8.42 Å². The number of carbonyl (C=O) groups is 2. The Morgan fingerprint density at radius 3 is 2.65 bits per heavy atom. The molecule has 0 aliphatic carbocycles. The highest BCUT2D eigenvalue weighted by Gasteiger charge is 2.39. The van der Waals surface area contributed by atoms with Crippen LogP contribution in [-0.4, -0.2) is 73.6 Å². The Kier molecular flexibility index (Phi) is 5.99. The summed E-state index contributed by atoms with van der Waals surface area (Å²) in [5.74, 6) is -0.815. The summed E-state index contributed by atoms with van der Waals surface area (Å²) in [6, 6.07) is -0.674. The van der Waals surface area contributed by atoms with Gasteiger partial charge in [0.2, 0.25) is 21.8 Å². The largest absolute Gasteiger partial charge is 0.367 e. The third kappa shape index (κ3) is 4.21. The lowest BCUT2D eigenvalue weighted by Gasteiger charge is -2.39. The van der Waals surface area contributed by atoms with E-state index in [-0.39, 0.29) is 24.8 Å². The summed E-state index contributed by atoms with van der Waals surface area (Å²) in [5, 5.41) is 0. The van der Waals surface area contributed by atoms with Gasteiger partial charge in [0.25, 0.3) is 0 Å². The van der Waals surface area contributed by atoms with Crippen molar-refractivity contribution in [1.82, 2.24) is 9.21 Å². The number of sulfonamides is 1. The van der Waals surface area contributed by atoms with Crippen LogP contribution in [0.25, 0.3) is 0 Å². The van der Waals surface area contributed by atoms with E-state index in [2.05, 4.69) is 0 Å². The van der Waals surface area contributed by atoms with E-state index in [9.17, 15) is 18.0 Å². The summed E-state index contributed by atoms with van der Waals surface area (Å²) in [5.41, 5.74) is 5.24. The fourth-order valence-corrected chi connectivity index (χ4v) is 4.83. The second kappa shape index (κ2) is 7.59. The van der Waals surface area contributed by atoms with Crippen LogP contribution in [0.4, 0.5) is 0 Å². The molecular weight excluding hydrogens is 322 g/mol. The lowest BCUT2D eigenvalue weighted by Crippen LogP contribution is -2.58. The van der Waals surface area contributed by atoms with Crippen LogP contribution in [0, 0.1) is 0 Å². The summed E-state index contributed by atoms with van der Waals surface area (Å²) in [4.78, 5) is 25.6. The van der Waals surface area contributed by atoms with Crippen molar-refractivity contribution in [2.45, 2.75) is 44.8 Å². The summed E-state index contributed by atoms with van der Waals surface area (Å²) >= 11 is 0. The van der Waals surface area contributed by atoms with Crippen molar-refractivity contribution in [3.8, 4) is 0 Å². The number of primary amides is 1. The average Bonchev–Trinajstić information content (AvgIpc) is 2.54. The number of ether oxygens (including phenoxy) is 1. The van der Waals surface area contributed by atoms with Gasteiger partial charge in [-0.15, -0.1) is 0 Å². The van der Waals surface area contributed by atoms with Crippen LogP contribution < -0.4 is 5.73 Å². The minimum atomic E-state index is -3.43. The first-order valence-corrected chi connectivity index (χ1v) is 9.67. The molecule has 0 aromatic rings. The van der Waals surface area contributed by atoms with Crippen LogP contribution in [-0.2, 0) is 24.3 Å². The maximum Gasteiger partial charge on any atom is 0.248 e. The molecule has 2 fully saturated rings. The summed E-state index contributed by atoms with van der Waals surface area (Å²) in [6.07, 6.45) is 1.79. The number of nitrogens with zero attached hydrogens (tertiary/aromatic N) is 2. The first kappa shape index (κ1) is 18.2. The maximum atomic E-state index is 12.8. The van der Waals surface area contributed by atoms with E-state index in [1.807, 2.05) is 0 Å². The monoisotopic (exact) mass is 347 g/mol. The molecule has 9 heteroatoms. The lowest BCUT2D eigenvalue weighted by molar-refractivity contribution is -0.148. The first-order chi connectivity index (χ1) is 10.9. The molecule has 0 aromatic heterocycles. The molecule has 2 rings (SSSR count). The average molecular weight is 347 g/mol. The molecule has 132 valence electrons. The molecule has 0 radical (unpaired) electrons. The van der Waals surface area contributed by atoms with Gasteiger partial charge < -0.3 is 15.4 Å². The molecular formula is C14H25N3O5S. The zero-order valence-electron chi connectivity index (χ0n) is 13.4. The normalized spacial score (nSPS) is 26.9. The van der Waals surface area contributed by atoms with Gasteiger partial charge in [0, 0.05) is 13.1 Å². The Morgan fingerprint density at radius 1 is 1.26 bits per heavy atom. The topological polar surface area (TPSA) is 110 Å². The lowest BCUT2D eigenvalue weighted by atomic mass is 10.0. The standard InChI is InChI=1S/C14H25N3O5S/c1-2-9-23(20,21)17-6-4-3-5-11(17)14(19)16-7-8-22-12(10-16)13(15)18/h11-12H,2-10H2,1H3,(H2,15,18). The molecule has 2 N–H and O–H groups in total. The molecule has 8 nitrogen and oxygen atoms in total. The Bertz CT molecular complexity index is 551. The molecule has 2 aliphatic rings. The summed E-state index contributed by atoms with van der Waals surface area (Å²) in [6.45, 7) is 2.85. The summed E-state index contributed by atoms with van der Waals surface area (Å²) in [7, 11) is -3.43. The molecule has 2 amide bonds. The molecule has 2 unspecified atom stereocenters. The third-order valence-electron chi connectivity index (χ3n) is 4.25. The van der Waals surface area contributed by atoms with Gasteiger partial charge >= 0.3 is 0 Å². The van der Waals surface area contributed by atoms with E-state index in [0.29, 0.717) is 25.9 Å². The van der Waals surface area contributed by atoms with Crippen molar-refractivity contribution in [1.29, 1.82) is 0 Å². The van der Waals surface area contributed by atoms with E-state index in [0.717, 1.165) is 12.8 Å². The van der Waals surface area contributed by atoms with Crippen LogP contribution >= 0.6 is 0 Å². The number of nitrogens with two attached hydrogens (primary N) is 1. The van der Waals surface area contributed by atoms with Gasteiger partial charge in [-0.1, -0.05) is 13.3 Å². The second-order valence-electron chi connectivity index (χ2n) is 5.98. The maximum absolute atomic E-state index is 12.8. The van der Waals surface area contributed by atoms with E-state index in [1.165, 1.54) is 9.21 Å². The van der Waals surface area contributed by atoms with Crippen LogP contribution in [0.15, 0.2) is 0 Å². The van der Waals surface area contributed by atoms with Crippen molar-refractivity contribution in [3.05, 3.63) is 0 Å². The second-order valence-corrected chi connectivity index (χ2v) is 8.03. The van der Waals surface area contributed by atoms with Gasteiger partial charge in [-0.3, -0.25) is 9.59 Å². The molecule has 23 heavy (non-hydrogen) atoms. The Labute approximate surface area is 137 Å². The number of hydrogen-bond donors (Lipinski definition) is 1. The smallest absolute Gasteiger partial charge is 0.248 e. The summed E-state index contributed by atoms with van der Waals surface area (Å²) < 4.78 is 31.4. The minimum absolute atomic E-state index is 0.0454. The highest BCUT2D eigenvalue weighted by molar-refractivity contribution is 7.89. The SMILES string of the molecule is CCCS(=O)(=O)N1CCCCC1C(=O)N1CCOC(C(N)=O)C1. The Hall–Kier alpha value is -1.19. The highest BCUT2D eigenvalue weighted by Crippen LogP contribution is 2.23. The predicted molar refractivity (Wildman–Crippen MR) is 83.9 cm³/mol. The molecule has 0 spiro atoms. The molecule has 2 atom stereocenters. The van der Waals surface area contributed by atoms with Crippen molar-refractivity contribution < 1.29 is 22.7 Å². The zero-order chi connectivity index (χ0) is 17.0. The molecule has 2 saturated heterocycles. The van der Waals surface area contributed by atoms with Gasteiger partial charge in [0.1, 0.15) is 6.04 Å². The van der Waals surface area contributed by atoms with E-state index < -0.39 is 28.1 Å². The number of piperidine rings is 1. The molecule has 0 bridgehead atoms. The number of morpholine rings is 1. The van der Waals surface area contributed by atoms with Crippen molar-refractivity contribution >= 4 is 21.8 Å². The fraction of sp³-hybridized carbons (Fsp3) is 0.857. The minimum Gasteiger partial charge on any atom is -0.367 e. The van der Waals surface area contributed by atoms with Crippen molar-refractivity contribution in [3.63, 3.8) is 0 Å². The molecule has 0 saturated carbocycles. The fourth-order valence-electron chi connectivity index (χ4n) is 3.09. The number of rotatable bonds is 5. The van der Waals surface area contributed by atoms with Crippen LogP contribution in [0.1, 0.15) is 32.6 Å². The van der Waals surface area contributed by atoms with Crippen molar-refractivity contribution in [2.24, 2.45) is 5.73 Å². The zero-order valence-corrected chi connectivity index (χ0v) is 14.3. The number of hydrogen-bond acceptors (Lipinski definition) is 5. The van der Waals surface area contributed by atoms with Gasteiger partial charge in [-0.05, 0) is 19.3 Å². The van der Waals surface area contributed by atoms with E-state index in [1.54, 1.807) is 6.92 Å². The van der Waals surface area contributed by atoms with Gasteiger partial charge in [0.15, 0.2) is 6.10 Å². The quantitative estimate of drug-likeness (QED) is 0.707. The van der Waals surface area contributed by atoms with Crippen LogP contribution in [0.3, 0.4) is 0 Å². The van der Waals surface area contributed by atoms with E-state index >= 15 is 0 Å². The van der Waals surface area contributed by atoms with Crippen LogP contribution in [0.2, 0.25) is 0 Å². The Balaban J connectivity index is 2.13. The number of carbonyl (C=O) groups excluding carboxylic acids is 2. The van der Waals surface area contributed by atoms with Crippen molar-refractivity contribution in [2.75, 3.05) is 32.0 Å². The molecule has 2 aliphatic heterocycles. The van der Waals surface area contributed by atoms with Gasteiger partial charge in [-0.2, -0.15) is 4.31 Å². The third-order valence-corrected chi connectivity index (χ3v) is 6.33. The molecule has 2 heterocycles. The Morgan fingerprint density at radius 2 is 2.00 bits per heavy atom. The van der Waals surface area contributed by atoms with Crippen LogP contribution in [0.5, 0.6) is 0 Å². The van der Waals surface area contributed by atoms with Gasteiger partial charge in [0.05, 0.1) is 18.9 Å². The predicted octanol–water partition coefficient (Wildman–Crippen LogP) is -0.707.